The van der Waals surface area contributed by atoms with E-state index >= 15 is 0 Å². The summed E-state index contributed by atoms with van der Waals surface area (Å²) < 4.78 is 1.08. The molecule has 2 atom stereocenters. The van der Waals surface area contributed by atoms with Crippen molar-refractivity contribution in [2.75, 3.05) is 27.2 Å². The zero-order valence-corrected chi connectivity index (χ0v) is 12.9. The summed E-state index contributed by atoms with van der Waals surface area (Å²) in [6.07, 6.45) is 0. The first-order chi connectivity index (χ1) is 4.89. The second-order valence-electron chi connectivity index (χ2n) is 3.63. The van der Waals surface area contributed by atoms with Gasteiger partial charge in [-0.3, -0.25) is 0 Å². The van der Waals surface area contributed by atoms with Gasteiger partial charge in [-0.05, 0) is 6.92 Å². The summed E-state index contributed by atoms with van der Waals surface area (Å²) in [5, 5.41) is 0. The van der Waals surface area contributed by atoms with Gasteiger partial charge in [-0.1, -0.05) is 38.8 Å². The SMILES string of the molecule is CC[N+](C)(C)CC(Br)C(C)Br.[Br-]. The number of halogens is 3. The van der Waals surface area contributed by atoms with E-state index in [9.17, 15) is 0 Å². The van der Waals surface area contributed by atoms with Crippen molar-refractivity contribution >= 4 is 31.9 Å². The molecule has 0 aliphatic rings. The molecule has 0 rings (SSSR count). The second-order valence-corrected chi connectivity index (χ2v) is 6.25. The molecular formula is C8H18Br3N. The van der Waals surface area contributed by atoms with Crippen LogP contribution in [0.4, 0.5) is 0 Å². The predicted molar refractivity (Wildman–Crippen MR) is 58.6 cm³/mol. The summed E-state index contributed by atoms with van der Waals surface area (Å²) in [6.45, 7) is 6.75. The average molecular weight is 368 g/mol. The Morgan fingerprint density at radius 2 is 1.67 bits per heavy atom. The van der Waals surface area contributed by atoms with Crippen molar-refractivity contribution in [2.24, 2.45) is 0 Å². The van der Waals surface area contributed by atoms with Gasteiger partial charge in [0.05, 0.1) is 32.0 Å². The summed E-state index contributed by atoms with van der Waals surface area (Å²) >= 11 is 7.22. The Bertz CT molecular complexity index is 115. The summed E-state index contributed by atoms with van der Waals surface area (Å²) in [5.41, 5.74) is 0. The van der Waals surface area contributed by atoms with Crippen LogP contribution in [0.2, 0.25) is 0 Å². The van der Waals surface area contributed by atoms with Crippen LogP contribution in [0, 0.1) is 0 Å². The Kier molecular flexibility index (Phi) is 8.98. The number of hydrogen-bond donors (Lipinski definition) is 0. The Morgan fingerprint density at radius 1 is 1.25 bits per heavy atom. The molecule has 1 nitrogen and oxygen atoms in total. The molecule has 0 aromatic heterocycles. The van der Waals surface area contributed by atoms with E-state index in [0.29, 0.717) is 9.65 Å². The number of quaternary nitrogens is 1. The lowest BCUT2D eigenvalue weighted by Crippen LogP contribution is -3.00. The molecule has 0 saturated heterocycles. The molecule has 0 aromatic carbocycles. The lowest BCUT2D eigenvalue weighted by atomic mass is 10.3. The average Bonchev–Trinajstić information content (AvgIpc) is 1.87. The second kappa shape index (κ2) is 6.80. The maximum atomic E-state index is 3.66. The standard InChI is InChI=1S/C8H18Br2N.BrH/c1-5-11(3,4)6-8(10)7(2)9;/h7-8H,5-6H2,1-4H3;1H/q+1;/p-1. The molecule has 2 unspecified atom stereocenters. The molecule has 0 amide bonds. The van der Waals surface area contributed by atoms with Crippen molar-refractivity contribution in [1.29, 1.82) is 0 Å². The molecule has 76 valence electrons. The van der Waals surface area contributed by atoms with Gasteiger partial charge in [-0.2, -0.15) is 0 Å². The predicted octanol–water partition coefficient (Wildman–Crippen LogP) is -0.366. The first-order valence-electron chi connectivity index (χ1n) is 3.99. The van der Waals surface area contributed by atoms with Crippen LogP contribution >= 0.6 is 31.9 Å². The smallest absolute Gasteiger partial charge is 0.0920 e. The number of alkyl halides is 2. The zero-order valence-electron chi connectivity index (χ0n) is 8.15. The minimum Gasteiger partial charge on any atom is -1.00 e. The maximum Gasteiger partial charge on any atom is 0.0920 e. The van der Waals surface area contributed by atoms with Crippen molar-refractivity contribution < 1.29 is 21.5 Å². The maximum absolute atomic E-state index is 3.66. The van der Waals surface area contributed by atoms with Gasteiger partial charge in [0.1, 0.15) is 0 Å². The van der Waals surface area contributed by atoms with Crippen molar-refractivity contribution in [2.45, 2.75) is 23.5 Å². The van der Waals surface area contributed by atoms with Crippen LogP contribution in [0.3, 0.4) is 0 Å². The quantitative estimate of drug-likeness (QED) is 0.470. The van der Waals surface area contributed by atoms with Gasteiger partial charge in [0.15, 0.2) is 0 Å². The highest BCUT2D eigenvalue weighted by atomic mass is 79.9. The Morgan fingerprint density at radius 3 is 1.92 bits per heavy atom. The number of rotatable bonds is 4. The summed E-state index contributed by atoms with van der Waals surface area (Å²) in [4.78, 5) is 1.11. The fraction of sp³-hybridized carbons (Fsp3) is 1.00. The largest absolute Gasteiger partial charge is 1.00 e. The highest BCUT2D eigenvalue weighted by Gasteiger charge is 2.21. The minimum atomic E-state index is 0. The van der Waals surface area contributed by atoms with Gasteiger partial charge in [-0.15, -0.1) is 0 Å². The highest BCUT2D eigenvalue weighted by Crippen LogP contribution is 2.16. The van der Waals surface area contributed by atoms with E-state index in [1.54, 1.807) is 0 Å². The molecule has 0 radical (unpaired) electrons. The van der Waals surface area contributed by atoms with Gasteiger partial charge >= 0.3 is 0 Å². The first-order valence-corrected chi connectivity index (χ1v) is 5.82. The summed E-state index contributed by atoms with van der Waals surface area (Å²) in [6, 6.07) is 0. The van der Waals surface area contributed by atoms with Gasteiger partial charge < -0.3 is 21.5 Å². The lowest BCUT2D eigenvalue weighted by molar-refractivity contribution is -0.887. The Labute approximate surface area is 104 Å². The third-order valence-corrected chi connectivity index (χ3v) is 4.45. The Balaban J connectivity index is 0. The molecule has 0 aliphatic heterocycles. The summed E-state index contributed by atoms with van der Waals surface area (Å²) in [7, 11) is 4.51. The van der Waals surface area contributed by atoms with Gasteiger partial charge in [0.2, 0.25) is 0 Å². The number of nitrogens with zero attached hydrogens (tertiary/aromatic N) is 1. The summed E-state index contributed by atoms with van der Waals surface area (Å²) in [5.74, 6) is 0. The van der Waals surface area contributed by atoms with Crippen molar-refractivity contribution in [1.82, 2.24) is 0 Å². The molecule has 4 heteroatoms. The molecule has 12 heavy (non-hydrogen) atoms. The van der Waals surface area contributed by atoms with Crippen LogP contribution < -0.4 is 17.0 Å². The molecule has 0 bridgehead atoms. The highest BCUT2D eigenvalue weighted by molar-refractivity contribution is 9.12. The third-order valence-electron chi connectivity index (χ3n) is 2.02. The van der Waals surface area contributed by atoms with Crippen molar-refractivity contribution in [3.05, 3.63) is 0 Å². The fourth-order valence-corrected chi connectivity index (χ4v) is 1.70. The molecule has 0 saturated carbocycles. The van der Waals surface area contributed by atoms with Crippen LogP contribution in [0.25, 0.3) is 0 Å². The Hall–Kier alpha value is 1.40. The molecule has 0 aliphatic carbocycles. The molecular weight excluding hydrogens is 350 g/mol. The zero-order chi connectivity index (χ0) is 9.07. The third kappa shape index (κ3) is 6.87. The van der Waals surface area contributed by atoms with Crippen LogP contribution in [0.15, 0.2) is 0 Å². The van der Waals surface area contributed by atoms with E-state index in [4.69, 9.17) is 0 Å². The van der Waals surface area contributed by atoms with E-state index in [2.05, 4.69) is 59.8 Å². The minimum absolute atomic E-state index is 0. The van der Waals surface area contributed by atoms with Crippen LogP contribution in [-0.2, 0) is 0 Å². The molecule has 0 N–H and O–H groups in total. The molecule has 0 heterocycles. The van der Waals surface area contributed by atoms with E-state index < -0.39 is 0 Å². The van der Waals surface area contributed by atoms with Gasteiger partial charge in [0, 0.05) is 4.83 Å². The fourth-order valence-electron chi connectivity index (χ4n) is 0.747. The number of hydrogen-bond acceptors (Lipinski definition) is 0. The van der Waals surface area contributed by atoms with E-state index in [0.717, 1.165) is 4.48 Å². The van der Waals surface area contributed by atoms with Crippen LogP contribution in [0.5, 0.6) is 0 Å². The van der Waals surface area contributed by atoms with Crippen LogP contribution in [-0.4, -0.2) is 41.3 Å². The van der Waals surface area contributed by atoms with E-state index in [1.807, 2.05) is 0 Å². The normalized spacial score (nSPS) is 16.5. The van der Waals surface area contributed by atoms with Gasteiger partial charge in [0.25, 0.3) is 0 Å². The molecule has 0 spiro atoms. The van der Waals surface area contributed by atoms with Crippen molar-refractivity contribution in [3.8, 4) is 0 Å². The molecule has 0 aromatic rings. The topological polar surface area (TPSA) is 0 Å². The van der Waals surface area contributed by atoms with Gasteiger partial charge in [-0.25, -0.2) is 0 Å². The van der Waals surface area contributed by atoms with Crippen molar-refractivity contribution in [3.63, 3.8) is 0 Å². The first kappa shape index (κ1) is 15.9. The van der Waals surface area contributed by atoms with E-state index in [-0.39, 0.29) is 17.0 Å². The lowest BCUT2D eigenvalue weighted by Gasteiger charge is -2.31. The monoisotopic (exact) mass is 365 g/mol. The van der Waals surface area contributed by atoms with E-state index in [1.165, 1.54) is 13.1 Å². The van der Waals surface area contributed by atoms with Crippen LogP contribution in [0.1, 0.15) is 13.8 Å². The molecule has 0 fully saturated rings.